The van der Waals surface area contributed by atoms with Gasteiger partial charge in [-0.15, -0.1) is 0 Å². The van der Waals surface area contributed by atoms with Crippen LogP contribution in [0.3, 0.4) is 0 Å². The number of oxazole rings is 1. The molecule has 1 aromatic heterocycles. The minimum Gasteiger partial charge on any atom is -0.494 e. The molecule has 0 saturated carbocycles. The Morgan fingerprint density at radius 1 is 1.04 bits per heavy atom. The highest BCUT2D eigenvalue weighted by Crippen LogP contribution is 2.19. The van der Waals surface area contributed by atoms with E-state index in [2.05, 4.69) is 34.0 Å². The lowest BCUT2D eigenvalue weighted by Crippen LogP contribution is -2.44. The molecule has 0 N–H and O–H groups in total. The van der Waals surface area contributed by atoms with Gasteiger partial charge in [0.25, 0.3) is 0 Å². The molecule has 4 rings (SSSR count). The Hall–Kier alpha value is -2.63. The van der Waals surface area contributed by atoms with Crippen molar-refractivity contribution in [2.24, 2.45) is 0 Å². The zero-order valence-electron chi connectivity index (χ0n) is 16.4. The lowest BCUT2D eigenvalue weighted by molar-refractivity contribution is 0.145. The second kappa shape index (κ2) is 9.04. The van der Waals surface area contributed by atoms with Crippen molar-refractivity contribution >= 4 is 23.3 Å². The number of likely N-dealkylation sites (N-methyl/N-ethyl adjacent to an activating group) is 1. The second-order valence-electron chi connectivity index (χ2n) is 7.27. The zero-order chi connectivity index (χ0) is 19.2. The van der Waals surface area contributed by atoms with Gasteiger partial charge in [-0.2, -0.15) is 0 Å². The van der Waals surface area contributed by atoms with Gasteiger partial charge in [0.05, 0.1) is 6.61 Å². The molecule has 0 unspecified atom stereocenters. The molecule has 5 heteroatoms. The molecule has 2 heterocycles. The number of nitrogens with zero attached hydrogens (tertiary/aromatic N) is 3. The number of hydrogen-bond acceptors (Lipinski definition) is 5. The number of para-hydroxylation sites is 2. The SMILES string of the molecule is CN1CCN(CCCOc2cccc(C=Cc3nc4ccccc4o3)c2)CC1. The maximum atomic E-state index is 5.95. The van der Waals surface area contributed by atoms with Crippen LogP contribution < -0.4 is 4.74 Å². The van der Waals surface area contributed by atoms with E-state index in [0.717, 1.165) is 68.2 Å². The normalized spacial score (nSPS) is 16.2. The average Bonchev–Trinajstić information content (AvgIpc) is 3.14. The molecule has 146 valence electrons. The van der Waals surface area contributed by atoms with E-state index < -0.39 is 0 Å². The fourth-order valence-corrected chi connectivity index (χ4v) is 3.39. The van der Waals surface area contributed by atoms with Crippen LogP contribution in [0.25, 0.3) is 23.3 Å². The monoisotopic (exact) mass is 377 g/mol. The second-order valence-corrected chi connectivity index (χ2v) is 7.27. The Morgan fingerprint density at radius 2 is 1.89 bits per heavy atom. The smallest absolute Gasteiger partial charge is 0.220 e. The molecular formula is C23H27N3O2. The third kappa shape index (κ3) is 5.00. The molecule has 0 amide bonds. The van der Waals surface area contributed by atoms with Crippen molar-refractivity contribution in [3.05, 3.63) is 60.0 Å². The number of piperazine rings is 1. The van der Waals surface area contributed by atoms with Gasteiger partial charge >= 0.3 is 0 Å². The molecule has 0 bridgehead atoms. The summed E-state index contributed by atoms with van der Waals surface area (Å²) in [6.07, 6.45) is 4.95. The third-order valence-electron chi connectivity index (χ3n) is 5.07. The standard InChI is InChI=1S/C23H27N3O2/c1-25-13-15-26(16-14-25)12-5-17-27-20-7-4-6-19(18-20)10-11-23-24-21-8-2-3-9-22(21)28-23/h2-4,6-11,18H,5,12-17H2,1H3. The summed E-state index contributed by atoms with van der Waals surface area (Å²) in [5, 5.41) is 0. The van der Waals surface area contributed by atoms with Gasteiger partial charge in [0.2, 0.25) is 5.89 Å². The van der Waals surface area contributed by atoms with Crippen LogP contribution in [0.2, 0.25) is 0 Å². The van der Waals surface area contributed by atoms with Crippen molar-refractivity contribution in [2.45, 2.75) is 6.42 Å². The van der Waals surface area contributed by atoms with Gasteiger partial charge in [-0.25, -0.2) is 4.98 Å². The van der Waals surface area contributed by atoms with E-state index in [4.69, 9.17) is 9.15 Å². The molecule has 28 heavy (non-hydrogen) atoms. The summed E-state index contributed by atoms with van der Waals surface area (Å²) in [5.41, 5.74) is 2.75. The lowest BCUT2D eigenvalue weighted by Gasteiger charge is -2.32. The summed E-state index contributed by atoms with van der Waals surface area (Å²) < 4.78 is 11.7. The van der Waals surface area contributed by atoms with E-state index in [0.29, 0.717) is 5.89 Å². The average molecular weight is 377 g/mol. The molecule has 1 aliphatic rings. The first-order valence-electron chi connectivity index (χ1n) is 9.94. The highest BCUT2D eigenvalue weighted by molar-refractivity contribution is 5.76. The summed E-state index contributed by atoms with van der Waals surface area (Å²) in [4.78, 5) is 9.37. The summed E-state index contributed by atoms with van der Waals surface area (Å²) in [5.74, 6) is 1.51. The van der Waals surface area contributed by atoms with Crippen LogP contribution in [0.4, 0.5) is 0 Å². The fourth-order valence-electron chi connectivity index (χ4n) is 3.39. The lowest BCUT2D eigenvalue weighted by atomic mass is 10.2. The van der Waals surface area contributed by atoms with E-state index >= 15 is 0 Å². The quantitative estimate of drug-likeness (QED) is 0.582. The number of hydrogen-bond donors (Lipinski definition) is 0. The van der Waals surface area contributed by atoms with Crippen LogP contribution in [0, 0.1) is 0 Å². The largest absolute Gasteiger partial charge is 0.494 e. The summed E-state index contributed by atoms with van der Waals surface area (Å²) in [6.45, 7) is 6.49. The summed E-state index contributed by atoms with van der Waals surface area (Å²) in [6, 6.07) is 15.9. The predicted octanol–water partition coefficient (Wildman–Crippen LogP) is 4.01. The molecule has 1 fully saturated rings. The van der Waals surface area contributed by atoms with Gasteiger partial charge in [0, 0.05) is 38.8 Å². The van der Waals surface area contributed by atoms with Crippen LogP contribution in [-0.2, 0) is 0 Å². The van der Waals surface area contributed by atoms with Crippen molar-refractivity contribution in [3.63, 3.8) is 0 Å². The van der Waals surface area contributed by atoms with Gasteiger partial charge in [0.1, 0.15) is 11.3 Å². The van der Waals surface area contributed by atoms with E-state index in [1.54, 1.807) is 0 Å². The van der Waals surface area contributed by atoms with Crippen LogP contribution in [0.5, 0.6) is 5.75 Å². The third-order valence-corrected chi connectivity index (χ3v) is 5.07. The van der Waals surface area contributed by atoms with E-state index in [1.807, 2.05) is 48.6 Å². The van der Waals surface area contributed by atoms with Crippen molar-refractivity contribution in [3.8, 4) is 5.75 Å². The molecule has 1 saturated heterocycles. The highest BCUT2D eigenvalue weighted by Gasteiger charge is 2.12. The molecule has 0 radical (unpaired) electrons. The van der Waals surface area contributed by atoms with Crippen molar-refractivity contribution in [2.75, 3.05) is 46.4 Å². The minimum absolute atomic E-state index is 0.611. The first-order valence-corrected chi connectivity index (χ1v) is 9.94. The van der Waals surface area contributed by atoms with Gasteiger partial charge in [-0.05, 0) is 49.4 Å². The maximum Gasteiger partial charge on any atom is 0.220 e. The summed E-state index contributed by atoms with van der Waals surface area (Å²) >= 11 is 0. The van der Waals surface area contributed by atoms with Gasteiger partial charge in [0.15, 0.2) is 5.58 Å². The van der Waals surface area contributed by atoms with E-state index in [1.165, 1.54) is 0 Å². The molecule has 0 aliphatic carbocycles. The van der Waals surface area contributed by atoms with Crippen molar-refractivity contribution < 1.29 is 9.15 Å². The number of benzene rings is 2. The van der Waals surface area contributed by atoms with Gasteiger partial charge < -0.3 is 19.0 Å². The molecule has 1 aliphatic heterocycles. The molecule has 0 spiro atoms. The first-order chi connectivity index (χ1) is 13.8. The number of aromatic nitrogens is 1. The van der Waals surface area contributed by atoms with Gasteiger partial charge in [-0.1, -0.05) is 24.3 Å². The topological polar surface area (TPSA) is 41.7 Å². The molecule has 0 atom stereocenters. The van der Waals surface area contributed by atoms with Gasteiger partial charge in [-0.3, -0.25) is 0 Å². The zero-order valence-corrected chi connectivity index (χ0v) is 16.4. The first kappa shape index (κ1) is 18.7. The highest BCUT2D eigenvalue weighted by atomic mass is 16.5. The van der Waals surface area contributed by atoms with Crippen LogP contribution >= 0.6 is 0 Å². The molecule has 5 nitrogen and oxygen atoms in total. The predicted molar refractivity (Wildman–Crippen MR) is 113 cm³/mol. The maximum absolute atomic E-state index is 5.95. The van der Waals surface area contributed by atoms with Crippen molar-refractivity contribution in [1.29, 1.82) is 0 Å². The molecule has 3 aromatic rings. The fraction of sp³-hybridized carbons (Fsp3) is 0.348. The number of fused-ring (bicyclic) bond motifs is 1. The molecule has 2 aromatic carbocycles. The number of ether oxygens (including phenoxy) is 1. The van der Waals surface area contributed by atoms with Crippen LogP contribution in [-0.4, -0.2) is 61.2 Å². The summed E-state index contributed by atoms with van der Waals surface area (Å²) in [7, 11) is 2.19. The van der Waals surface area contributed by atoms with E-state index in [9.17, 15) is 0 Å². The van der Waals surface area contributed by atoms with Crippen LogP contribution in [0.15, 0.2) is 52.9 Å². The molecular weight excluding hydrogens is 350 g/mol. The van der Waals surface area contributed by atoms with Crippen molar-refractivity contribution in [1.82, 2.24) is 14.8 Å². The Balaban J connectivity index is 1.28. The minimum atomic E-state index is 0.611. The Bertz CT molecular complexity index is 893. The Kier molecular flexibility index (Phi) is 6.04. The Labute approximate surface area is 166 Å². The number of rotatable bonds is 7. The van der Waals surface area contributed by atoms with Crippen LogP contribution in [0.1, 0.15) is 17.9 Å². The van der Waals surface area contributed by atoms with E-state index in [-0.39, 0.29) is 0 Å². The Morgan fingerprint density at radius 3 is 2.75 bits per heavy atom.